The Balaban J connectivity index is 2.78. The maximum Gasteiger partial charge on any atom is 0.215 e. The monoisotopic (exact) mass is 331 g/mol. The van der Waals surface area contributed by atoms with Gasteiger partial charge in [-0.2, -0.15) is 4.31 Å². The van der Waals surface area contributed by atoms with Gasteiger partial charge in [0.15, 0.2) is 0 Å². The lowest BCUT2D eigenvalue weighted by Crippen LogP contribution is -2.44. The van der Waals surface area contributed by atoms with Gasteiger partial charge in [-0.1, -0.05) is 19.3 Å². The third-order valence-corrected chi connectivity index (χ3v) is 6.64. The van der Waals surface area contributed by atoms with E-state index in [2.05, 4.69) is 0 Å². The zero-order valence-electron chi connectivity index (χ0n) is 11.2. The van der Waals surface area contributed by atoms with E-state index >= 15 is 0 Å². The van der Waals surface area contributed by atoms with Crippen LogP contribution in [0.1, 0.15) is 32.1 Å². The molecule has 0 N–H and O–H groups in total. The molecule has 0 spiro atoms. The summed E-state index contributed by atoms with van der Waals surface area (Å²) in [7, 11) is -6.82. The number of rotatable bonds is 7. The third-order valence-electron chi connectivity index (χ3n) is 3.36. The van der Waals surface area contributed by atoms with Crippen molar-refractivity contribution in [3.63, 3.8) is 0 Å². The van der Waals surface area contributed by atoms with Gasteiger partial charge in [-0.05, 0) is 12.8 Å². The van der Waals surface area contributed by atoms with Crippen molar-refractivity contribution in [2.24, 2.45) is 0 Å². The van der Waals surface area contributed by atoms with Gasteiger partial charge in [0, 0.05) is 24.7 Å². The van der Waals surface area contributed by atoms with Crippen molar-refractivity contribution >= 4 is 31.5 Å². The van der Waals surface area contributed by atoms with E-state index in [0.29, 0.717) is 0 Å². The first-order chi connectivity index (χ1) is 8.76. The minimum absolute atomic E-state index is 0.0166. The molecule has 0 aromatic heterocycles. The molecule has 19 heavy (non-hydrogen) atoms. The average Bonchev–Trinajstić information content (AvgIpc) is 2.34. The maximum atomic E-state index is 12.3. The number of halogens is 1. The van der Waals surface area contributed by atoms with Crippen LogP contribution in [-0.2, 0) is 19.9 Å². The van der Waals surface area contributed by atoms with Gasteiger partial charge in [-0.3, -0.25) is 0 Å². The molecular weight excluding hydrogens is 310 g/mol. The smallest absolute Gasteiger partial charge is 0.215 e. The molecule has 1 saturated carbocycles. The van der Waals surface area contributed by atoms with E-state index in [1.54, 1.807) is 0 Å². The number of hydrogen-bond acceptors (Lipinski definition) is 4. The van der Waals surface area contributed by atoms with Crippen LogP contribution in [0.15, 0.2) is 0 Å². The predicted molar refractivity (Wildman–Crippen MR) is 77.8 cm³/mol. The van der Waals surface area contributed by atoms with Crippen molar-refractivity contribution in [2.75, 3.05) is 30.2 Å². The highest BCUT2D eigenvalue weighted by Crippen LogP contribution is 2.25. The molecule has 5 nitrogen and oxygen atoms in total. The van der Waals surface area contributed by atoms with E-state index < -0.39 is 19.9 Å². The zero-order valence-corrected chi connectivity index (χ0v) is 13.6. The van der Waals surface area contributed by atoms with Gasteiger partial charge in [0.05, 0.1) is 11.5 Å². The van der Waals surface area contributed by atoms with E-state index in [1.165, 1.54) is 4.31 Å². The zero-order chi connectivity index (χ0) is 14.5. The van der Waals surface area contributed by atoms with Gasteiger partial charge in [0.1, 0.15) is 9.84 Å². The highest BCUT2D eigenvalue weighted by Gasteiger charge is 2.30. The summed E-state index contributed by atoms with van der Waals surface area (Å²) in [6, 6.07) is -0.0166. The highest BCUT2D eigenvalue weighted by atomic mass is 35.5. The molecule has 1 fully saturated rings. The van der Waals surface area contributed by atoms with E-state index in [0.717, 1.165) is 38.4 Å². The maximum absolute atomic E-state index is 12.3. The molecule has 0 heterocycles. The van der Waals surface area contributed by atoms with Crippen LogP contribution in [0.4, 0.5) is 0 Å². The summed E-state index contributed by atoms with van der Waals surface area (Å²) in [6.07, 6.45) is 5.91. The molecule has 0 aliphatic heterocycles. The Morgan fingerprint density at radius 3 is 2.11 bits per heavy atom. The Kier molecular flexibility index (Phi) is 6.56. The molecule has 0 amide bonds. The van der Waals surface area contributed by atoms with Gasteiger partial charge in [0.25, 0.3) is 0 Å². The summed E-state index contributed by atoms with van der Waals surface area (Å²) < 4.78 is 48.2. The molecule has 0 aromatic rings. The van der Waals surface area contributed by atoms with Gasteiger partial charge < -0.3 is 0 Å². The predicted octanol–water partition coefficient (Wildman–Crippen LogP) is 1.23. The molecule has 0 bridgehead atoms. The molecule has 0 unspecified atom stereocenters. The summed E-state index contributed by atoms with van der Waals surface area (Å²) in [5.41, 5.74) is 0. The number of nitrogens with zero attached hydrogens (tertiary/aromatic N) is 1. The second-order valence-corrected chi connectivity index (χ2v) is 9.72. The van der Waals surface area contributed by atoms with Crippen LogP contribution < -0.4 is 0 Å². The molecule has 8 heteroatoms. The van der Waals surface area contributed by atoms with Crippen molar-refractivity contribution in [2.45, 2.75) is 38.1 Å². The van der Waals surface area contributed by atoms with Crippen LogP contribution in [0.5, 0.6) is 0 Å². The van der Waals surface area contributed by atoms with Crippen LogP contribution >= 0.6 is 11.6 Å². The fraction of sp³-hybridized carbons (Fsp3) is 1.00. The second kappa shape index (κ2) is 7.24. The van der Waals surface area contributed by atoms with Crippen LogP contribution in [-0.4, -0.2) is 57.4 Å². The third kappa shape index (κ3) is 5.97. The average molecular weight is 332 g/mol. The van der Waals surface area contributed by atoms with Crippen molar-refractivity contribution in [3.05, 3.63) is 0 Å². The van der Waals surface area contributed by atoms with Gasteiger partial charge >= 0.3 is 0 Å². The highest BCUT2D eigenvalue weighted by molar-refractivity contribution is 7.93. The first kappa shape index (κ1) is 17.2. The number of hydrogen-bond donors (Lipinski definition) is 0. The molecular formula is C11H22ClNO4S2. The summed E-state index contributed by atoms with van der Waals surface area (Å²) in [5.74, 6) is -0.450. The Morgan fingerprint density at radius 1 is 1.05 bits per heavy atom. The lowest BCUT2D eigenvalue weighted by atomic mass is 9.95. The fourth-order valence-corrected chi connectivity index (χ4v) is 5.98. The summed E-state index contributed by atoms with van der Waals surface area (Å²) in [4.78, 5) is 0. The lowest BCUT2D eigenvalue weighted by Gasteiger charge is -2.33. The molecule has 0 saturated heterocycles. The van der Waals surface area contributed by atoms with Crippen LogP contribution in [0.25, 0.3) is 0 Å². The summed E-state index contributed by atoms with van der Waals surface area (Å²) in [5, 5.41) is 0. The molecule has 0 atom stereocenters. The van der Waals surface area contributed by atoms with E-state index in [9.17, 15) is 16.8 Å². The molecule has 0 aromatic carbocycles. The van der Waals surface area contributed by atoms with Gasteiger partial charge in [0.2, 0.25) is 10.0 Å². The number of sulfone groups is 1. The summed E-state index contributed by atoms with van der Waals surface area (Å²) >= 11 is 5.69. The van der Waals surface area contributed by atoms with Crippen LogP contribution in [0.3, 0.4) is 0 Å². The Morgan fingerprint density at radius 2 is 1.63 bits per heavy atom. The Hall–Kier alpha value is 0.150. The lowest BCUT2D eigenvalue weighted by molar-refractivity contribution is 0.262. The molecule has 1 rings (SSSR count). The number of sulfonamides is 1. The minimum Gasteiger partial charge on any atom is -0.229 e. The van der Waals surface area contributed by atoms with Crippen molar-refractivity contribution in [1.29, 1.82) is 0 Å². The first-order valence-electron chi connectivity index (χ1n) is 6.49. The second-order valence-electron chi connectivity index (χ2n) is 5.04. The Bertz CT molecular complexity index is 469. The normalized spacial score (nSPS) is 18.9. The van der Waals surface area contributed by atoms with E-state index in [-0.39, 0.29) is 30.0 Å². The molecule has 1 aliphatic carbocycles. The molecule has 0 radical (unpaired) electrons. The molecule has 114 valence electrons. The van der Waals surface area contributed by atoms with Crippen molar-refractivity contribution in [3.8, 4) is 0 Å². The van der Waals surface area contributed by atoms with Gasteiger partial charge in [-0.25, -0.2) is 16.8 Å². The van der Waals surface area contributed by atoms with Gasteiger partial charge in [-0.15, -0.1) is 11.6 Å². The number of alkyl halides is 1. The van der Waals surface area contributed by atoms with Crippen LogP contribution in [0, 0.1) is 0 Å². The Labute approximate surface area is 121 Å². The topological polar surface area (TPSA) is 71.5 Å². The SMILES string of the molecule is CS(=O)(=O)CCS(=O)(=O)N(CCCl)C1CCCCC1. The summed E-state index contributed by atoms with van der Waals surface area (Å²) in [6.45, 7) is 0.262. The fourth-order valence-electron chi connectivity index (χ4n) is 2.38. The first-order valence-corrected chi connectivity index (χ1v) is 10.7. The van der Waals surface area contributed by atoms with Crippen molar-refractivity contribution < 1.29 is 16.8 Å². The molecule has 1 aliphatic rings. The largest absolute Gasteiger partial charge is 0.229 e. The standard InChI is InChI=1S/C11H22ClNO4S2/c1-18(14,15)9-10-19(16,17)13(8-7-12)11-5-3-2-4-6-11/h11H,2-10H2,1H3. The van der Waals surface area contributed by atoms with E-state index in [1.807, 2.05) is 0 Å². The minimum atomic E-state index is -3.55. The van der Waals surface area contributed by atoms with Crippen LogP contribution in [0.2, 0.25) is 0 Å². The quantitative estimate of drug-likeness (QED) is 0.658. The van der Waals surface area contributed by atoms with Crippen molar-refractivity contribution in [1.82, 2.24) is 4.31 Å². The van der Waals surface area contributed by atoms with E-state index in [4.69, 9.17) is 11.6 Å².